The first-order valence-corrected chi connectivity index (χ1v) is 5.30. The fourth-order valence-electron chi connectivity index (χ4n) is 1.65. The van der Waals surface area contributed by atoms with Gasteiger partial charge in [0.15, 0.2) is 0 Å². The van der Waals surface area contributed by atoms with E-state index in [1.54, 1.807) is 0 Å². The third-order valence-corrected chi connectivity index (χ3v) is 2.54. The van der Waals surface area contributed by atoms with Gasteiger partial charge in [0.2, 0.25) is 11.6 Å². The number of pyridine rings is 1. The fraction of sp³-hybridized carbons (Fsp3) is 0. The molecule has 19 heavy (non-hydrogen) atoms. The molecule has 0 aliphatic heterocycles. The molecule has 2 heterocycles. The number of nitro benzene ring substituents is 1. The second-order valence-electron chi connectivity index (χ2n) is 3.80. The maximum absolute atomic E-state index is 13.0. The van der Waals surface area contributed by atoms with Crippen molar-refractivity contribution in [3.05, 3.63) is 52.5 Å². The summed E-state index contributed by atoms with van der Waals surface area (Å²) in [5.41, 5.74) is 1.05. The number of non-ortho nitro benzene ring substituents is 1. The highest BCUT2D eigenvalue weighted by Crippen LogP contribution is 2.25. The number of aromatic nitrogens is 2. The Labute approximate surface area is 105 Å². The predicted molar refractivity (Wildman–Crippen MR) is 63.9 cm³/mol. The Morgan fingerprint density at radius 1 is 1.26 bits per heavy atom. The van der Waals surface area contributed by atoms with Crippen LogP contribution in [0.15, 0.2) is 40.9 Å². The minimum absolute atomic E-state index is 0.0240. The summed E-state index contributed by atoms with van der Waals surface area (Å²) in [5.74, 6) is -0.265. The lowest BCUT2D eigenvalue weighted by Gasteiger charge is -1.94. The number of hydrogen-bond donors (Lipinski definition) is 0. The average molecular weight is 259 g/mol. The number of oxazole rings is 1. The zero-order chi connectivity index (χ0) is 13.4. The second-order valence-corrected chi connectivity index (χ2v) is 3.80. The number of fused-ring (bicyclic) bond motifs is 1. The summed E-state index contributed by atoms with van der Waals surface area (Å²) < 4.78 is 18.3. The minimum atomic E-state index is -0.504. The zero-order valence-corrected chi connectivity index (χ0v) is 9.41. The Morgan fingerprint density at radius 3 is 2.68 bits per heavy atom. The molecular formula is C12H6FN3O3. The third-order valence-electron chi connectivity index (χ3n) is 2.54. The van der Waals surface area contributed by atoms with E-state index in [1.165, 1.54) is 30.3 Å². The van der Waals surface area contributed by atoms with Gasteiger partial charge in [-0.1, -0.05) is 0 Å². The number of hydrogen-bond acceptors (Lipinski definition) is 5. The molecule has 0 unspecified atom stereocenters. The van der Waals surface area contributed by atoms with Crippen molar-refractivity contribution < 1.29 is 13.7 Å². The average Bonchev–Trinajstić information content (AvgIpc) is 2.81. The van der Waals surface area contributed by atoms with Gasteiger partial charge in [-0.05, 0) is 12.1 Å². The van der Waals surface area contributed by atoms with Crippen LogP contribution in [0.4, 0.5) is 10.1 Å². The summed E-state index contributed by atoms with van der Waals surface area (Å²) in [4.78, 5) is 17.9. The summed E-state index contributed by atoms with van der Waals surface area (Å²) in [5, 5.41) is 10.5. The summed E-state index contributed by atoms with van der Waals surface area (Å²) in [7, 11) is 0. The van der Waals surface area contributed by atoms with Crippen molar-refractivity contribution in [2.45, 2.75) is 0 Å². The zero-order valence-electron chi connectivity index (χ0n) is 9.41. The first kappa shape index (κ1) is 11.3. The number of halogens is 1. The molecule has 0 atom stereocenters. The largest absolute Gasteiger partial charge is 0.418 e. The maximum Gasteiger partial charge on any atom is 0.269 e. The smallest absolute Gasteiger partial charge is 0.269 e. The van der Waals surface area contributed by atoms with Crippen LogP contribution in [0.2, 0.25) is 0 Å². The van der Waals surface area contributed by atoms with E-state index in [9.17, 15) is 14.5 Å². The molecule has 0 aliphatic rings. The number of rotatable bonds is 2. The van der Waals surface area contributed by atoms with Crippen molar-refractivity contribution in [3.8, 4) is 11.5 Å². The molecule has 7 heteroatoms. The van der Waals surface area contributed by atoms with E-state index >= 15 is 0 Å². The molecule has 0 amide bonds. The van der Waals surface area contributed by atoms with E-state index in [-0.39, 0.29) is 17.3 Å². The summed E-state index contributed by atoms with van der Waals surface area (Å²) in [6.45, 7) is 0. The van der Waals surface area contributed by atoms with Crippen LogP contribution in [0, 0.1) is 15.9 Å². The van der Waals surface area contributed by atoms with Gasteiger partial charge in [0.05, 0.1) is 11.1 Å². The van der Waals surface area contributed by atoms with E-state index in [4.69, 9.17) is 4.42 Å². The van der Waals surface area contributed by atoms with E-state index in [0.29, 0.717) is 11.1 Å². The molecule has 0 N–H and O–H groups in total. The van der Waals surface area contributed by atoms with Crippen molar-refractivity contribution in [1.29, 1.82) is 0 Å². The Kier molecular flexibility index (Phi) is 2.45. The summed E-state index contributed by atoms with van der Waals surface area (Å²) in [6, 6.07) is 6.93. The highest BCUT2D eigenvalue weighted by Gasteiger charge is 2.11. The van der Waals surface area contributed by atoms with Crippen LogP contribution in [0.5, 0.6) is 0 Å². The molecular weight excluding hydrogens is 253 g/mol. The van der Waals surface area contributed by atoms with E-state index < -0.39 is 10.7 Å². The highest BCUT2D eigenvalue weighted by molar-refractivity contribution is 5.72. The molecule has 0 aliphatic carbocycles. The monoisotopic (exact) mass is 259 g/mol. The summed E-state index contributed by atoms with van der Waals surface area (Å²) >= 11 is 0. The molecule has 0 saturated heterocycles. The van der Waals surface area contributed by atoms with Crippen LogP contribution in [-0.2, 0) is 0 Å². The number of nitro groups is 1. The Hall–Kier alpha value is -2.83. The van der Waals surface area contributed by atoms with Gasteiger partial charge < -0.3 is 4.42 Å². The molecule has 2 aromatic heterocycles. The first-order chi connectivity index (χ1) is 9.13. The van der Waals surface area contributed by atoms with Crippen molar-refractivity contribution >= 4 is 16.9 Å². The van der Waals surface area contributed by atoms with Crippen molar-refractivity contribution in [2.75, 3.05) is 0 Å². The molecule has 0 fully saturated rings. The van der Waals surface area contributed by atoms with Crippen molar-refractivity contribution in [1.82, 2.24) is 9.97 Å². The van der Waals surface area contributed by atoms with Crippen molar-refractivity contribution in [2.24, 2.45) is 0 Å². The predicted octanol–water partition coefficient (Wildman–Crippen LogP) is 2.94. The quantitative estimate of drug-likeness (QED) is 0.522. The lowest BCUT2D eigenvalue weighted by atomic mass is 10.2. The van der Waals surface area contributed by atoms with Gasteiger partial charge in [0.1, 0.15) is 11.3 Å². The van der Waals surface area contributed by atoms with Gasteiger partial charge in [-0.15, -0.1) is 0 Å². The van der Waals surface area contributed by atoms with Crippen molar-refractivity contribution in [3.63, 3.8) is 0 Å². The Bertz CT molecular complexity index is 767. The maximum atomic E-state index is 13.0. The van der Waals surface area contributed by atoms with Crippen LogP contribution < -0.4 is 0 Å². The van der Waals surface area contributed by atoms with Crippen LogP contribution in [0.25, 0.3) is 22.7 Å². The Balaban J connectivity index is 2.06. The normalized spacial score (nSPS) is 10.8. The van der Waals surface area contributed by atoms with Gasteiger partial charge in [-0.25, -0.2) is 14.4 Å². The van der Waals surface area contributed by atoms with Crippen LogP contribution in [-0.4, -0.2) is 14.9 Å². The first-order valence-electron chi connectivity index (χ1n) is 5.30. The lowest BCUT2D eigenvalue weighted by molar-refractivity contribution is -0.384. The Morgan fingerprint density at radius 2 is 2.00 bits per heavy atom. The van der Waals surface area contributed by atoms with Gasteiger partial charge in [-0.3, -0.25) is 10.1 Å². The standard InChI is InChI=1S/C12H6FN3O3/c13-8-5-10-12(14-6-8)19-11(15-10)7-1-3-9(4-2-7)16(17)18/h1-6H. The minimum Gasteiger partial charge on any atom is -0.418 e. The van der Waals surface area contributed by atoms with E-state index in [1.807, 2.05) is 0 Å². The van der Waals surface area contributed by atoms with Crippen LogP contribution in [0.3, 0.4) is 0 Å². The topological polar surface area (TPSA) is 82.1 Å². The second kappa shape index (κ2) is 4.13. The molecule has 3 rings (SSSR count). The van der Waals surface area contributed by atoms with Gasteiger partial charge >= 0.3 is 0 Å². The molecule has 94 valence electrons. The molecule has 0 saturated carbocycles. The van der Waals surface area contributed by atoms with Crippen LogP contribution >= 0.6 is 0 Å². The molecule has 0 radical (unpaired) electrons. The van der Waals surface area contributed by atoms with Gasteiger partial charge in [0.25, 0.3) is 5.69 Å². The highest BCUT2D eigenvalue weighted by atomic mass is 19.1. The third kappa shape index (κ3) is 2.01. The van der Waals surface area contributed by atoms with Crippen LogP contribution in [0.1, 0.15) is 0 Å². The molecule has 0 spiro atoms. The van der Waals surface area contributed by atoms with Gasteiger partial charge in [-0.2, -0.15) is 0 Å². The fourth-order valence-corrected chi connectivity index (χ4v) is 1.65. The van der Waals surface area contributed by atoms with E-state index in [2.05, 4.69) is 9.97 Å². The number of nitrogens with zero attached hydrogens (tertiary/aromatic N) is 3. The van der Waals surface area contributed by atoms with Gasteiger partial charge in [0, 0.05) is 23.8 Å². The lowest BCUT2D eigenvalue weighted by Crippen LogP contribution is -1.87. The van der Waals surface area contributed by atoms with E-state index in [0.717, 1.165) is 6.20 Å². The molecule has 0 bridgehead atoms. The molecule has 6 nitrogen and oxygen atoms in total. The molecule has 3 aromatic rings. The summed E-state index contributed by atoms with van der Waals surface area (Å²) in [6.07, 6.45) is 1.03. The molecule has 1 aromatic carbocycles. The number of benzene rings is 1. The SMILES string of the molecule is O=[N+]([O-])c1ccc(-c2nc3cc(F)cnc3o2)cc1.